The molecule has 3 aromatic rings. The lowest BCUT2D eigenvalue weighted by Gasteiger charge is -2.27. The van der Waals surface area contributed by atoms with Gasteiger partial charge in [-0.2, -0.15) is 0 Å². The summed E-state index contributed by atoms with van der Waals surface area (Å²) in [7, 11) is -2.03. The molecule has 0 spiro atoms. The minimum absolute atomic E-state index is 0.0645. The molecule has 0 bridgehead atoms. The van der Waals surface area contributed by atoms with Crippen LogP contribution >= 0.6 is 0 Å². The van der Waals surface area contributed by atoms with Crippen molar-refractivity contribution in [2.75, 3.05) is 18.2 Å². The highest BCUT2D eigenvalue weighted by Gasteiger charge is 2.33. The van der Waals surface area contributed by atoms with Gasteiger partial charge in [0.1, 0.15) is 18.1 Å². The Hall–Kier alpha value is -3.28. The molecule has 0 aromatic carbocycles. The van der Waals surface area contributed by atoms with Crippen LogP contribution in [-0.2, 0) is 21.7 Å². The van der Waals surface area contributed by atoms with E-state index in [-0.39, 0.29) is 33.9 Å². The summed E-state index contributed by atoms with van der Waals surface area (Å²) < 4.78 is 63.3. The van der Waals surface area contributed by atoms with E-state index in [2.05, 4.69) is 15.3 Å². The van der Waals surface area contributed by atoms with Crippen LogP contribution in [0.5, 0.6) is 11.5 Å². The lowest BCUT2D eigenvalue weighted by atomic mass is 10.1. The van der Waals surface area contributed by atoms with Gasteiger partial charge in [-0.1, -0.05) is 0 Å². The summed E-state index contributed by atoms with van der Waals surface area (Å²) in [5.74, 6) is -0.0889. The average Bonchev–Trinajstić information content (AvgIpc) is 3.01. The molecule has 12 heteroatoms. The Bertz CT molecular complexity index is 1310. The van der Waals surface area contributed by atoms with Crippen molar-refractivity contribution in [3.05, 3.63) is 24.5 Å². The first-order valence-corrected chi connectivity index (χ1v) is 11.0. The van der Waals surface area contributed by atoms with Gasteiger partial charge >= 0.3 is 0 Å². The molecule has 0 aliphatic carbocycles. The number of fused-ring (bicyclic) bond motifs is 2. The molecular formula is C19H18F2N4O5S. The summed E-state index contributed by atoms with van der Waals surface area (Å²) in [6.07, 6.45) is -0.155. The summed E-state index contributed by atoms with van der Waals surface area (Å²) in [6.45, 7) is 0.928. The van der Waals surface area contributed by atoms with Gasteiger partial charge in [-0.15, -0.1) is 0 Å². The molecule has 9 nitrogen and oxygen atoms in total. The number of ether oxygens (including phenoxy) is 2. The van der Waals surface area contributed by atoms with Gasteiger partial charge in [0.05, 0.1) is 11.7 Å². The maximum Gasteiger partial charge on any atom is 0.278 e. The van der Waals surface area contributed by atoms with E-state index < -0.39 is 29.0 Å². The Balaban J connectivity index is 1.96. The first-order chi connectivity index (χ1) is 14.5. The van der Waals surface area contributed by atoms with Gasteiger partial charge in [-0.25, -0.2) is 27.2 Å². The van der Waals surface area contributed by atoms with Crippen molar-refractivity contribution >= 4 is 32.5 Å². The number of anilines is 1. The van der Waals surface area contributed by atoms with Gasteiger partial charge < -0.3 is 19.4 Å². The maximum absolute atomic E-state index is 13.1. The number of halogens is 2. The number of carbonyl (C=O) groups excluding carboxylic acids is 1. The fourth-order valence-corrected chi connectivity index (χ4v) is 3.87. The summed E-state index contributed by atoms with van der Waals surface area (Å²) in [5.41, 5.74) is 1.26. The molecule has 0 saturated heterocycles. The molecule has 31 heavy (non-hydrogen) atoms. The predicted octanol–water partition coefficient (Wildman–Crippen LogP) is 2.40. The number of rotatable bonds is 4. The van der Waals surface area contributed by atoms with Crippen LogP contribution in [0.4, 0.5) is 14.6 Å². The molecule has 3 aromatic heterocycles. The molecule has 1 unspecified atom stereocenters. The van der Waals surface area contributed by atoms with E-state index in [1.807, 2.05) is 0 Å². The first-order valence-electron chi connectivity index (χ1n) is 9.10. The highest BCUT2D eigenvalue weighted by atomic mass is 32.2. The number of pyridine rings is 2. The van der Waals surface area contributed by atoms with Crippen molar-refractivity contribution in [2.24, 2.45) is 7.05 Å². The molecule has 1 aliphatic heterocycles. The van der Waals surface area contributed by atoms with Crippen LogP contribution in [0.3, 0.4) is 0 Å². The van der Waals surface area contributed by atoms with Crippen LogP contribution in [-0.4, -0.2) is 54.3 Å². The van der Waals surface area contributed by atoms with Gasteiger partial charge in [0.2, 0.25) is 5.91 Å². The van der Waals surface area contributed by atoms with Gasteiger partial charge in [-0.05, 0) is 6.07 Å². The number of hydrogen-bond acceptors (Lipinski definition) is 7. The minimum Gasteiger partial charge on any atom is -0.483 e. The quantitative estimate of drug-likeness (QED) is 0.647. The number of hydrogen-bond donors (Lipinski definition) is 1. The molecular weight excluding hydrogens is 434 g/mol. The number of nitrogens with zero attached hydrogens (tertiary/aromatic N) is 3. The van der Waals surface area contributed by atoms with E-state index in [1.54, 1.807) is 30.1 Å². The van der Waals surface area contributed by atoms with Gasteiger partial charge in [0.25, 0.3) is 6.43 Å². The number of carbonyl (C=O) groups is 1. The van der Waals surface area contributed by atoms with Crippen LogP contribution in [0.15, 0.2) is 29.6 Å². The molecule has 164 valence electrons. The zero-order chi connectivity index (χ0) is 22.5. The average molecular weight is 452 g/mol. The molecule has 4 rings (SSSR count). The first kappa shape index (κ1) is 21.0. The Morgan fingerprint density at radius 1 is 1.35 bits per heavy atom. The SMILES string of the molecule is CC(=O)Nc1cc2c(-c3nc(S(C)(=O)=O)cc4c3OCC(C(F)F)O4)cn(C)c2cn1. The third kappa shape index (κ3) is 3.90. The second-order valence-electron chi connectivity index (χ2n) is 7.13. The van der Waals surface area contributed by atoms with Crippen molar-refractivity contribution in [1.29, 1.82) is 0 Å². The Morgan fingerprint density at radius 3 is 2.74 bits per heavy atom. The van der Waals surface area contributed by atoms with Crippen LogP contribution in [0.2, 0.25) is 0 Å². The van der Waals surface area contributed by atoms with Gasteiger partial charge in [-0.3, -0.25) is 4.79 Å². The zero-order valence-electron chi connectivity index (χ0n) is 16.7. The molecule has 0 radical (unpaired) electrons. The van der Waals surface area contributed by atoms with Crippen molar-refractivity contribution in [3.63, 3.8) is 0 Å². The second-order valence-corrected chi connectivity index (χ2v) is 9.09. The molecule has 1 amide bonds. The van der Waals surface area contributed by atoms with Crippen molar-refractivity contribution in [3.8, 4) is 22.8 Å². The Morgan fingerprint density at radius 2 is 2.10 bits per heavy atom. The zero-order valence-corrected chi connectivity index (χ0v) is 17.5. The standard InChI is InChI=1S/C19H18F2N4O5S/c1-9(26)23-15-4-10-11(7-25(2)12(10)6-22-15)17-18-13(5-16(24-17)31(3,27)28)30-14(8-29-18)19(20)21/h4-7,14,19H,8H2,1-3H3,(H,22,23,26). The number of sulfone groups is 1. The van der Waals surface area contributed by atoms with Gasteiger partial charge in [0.15, 0.2) is 32.5 Å². The predicted molar refractivity (Wildman–Crippen MR) is 107 cm³/mol. The molecule has 4 heterocycles. The summed E-state index contributed by atoms with van der Waals surface area (Å²) in [6, 6.07) is 2.69. The van der Waals surface area contributed by atoms with E-state index in [1.165, 1.54) is 6.92 Å². The third-order valence-electron chi connectivity index (χ3n) is 4.68. The third-order valence-corrected chi connectivity index (χ3v) is 5.65. The van der Waals surface area contributed by atoms with E-state index in [0.717, 1.165) is 12.3 Å². The van der Waals surface area contributed by atoms with Gasteiger partial charge in [0, 0.05) is 43.4 Å². The van der Waals surface area contributed by atoms with E-state index >= 15 is 0 Å². The number of aromatic nitrogens is 3. The maximum atomic E-state index is 13.1. The lowest BCUT2D eigenvalue weighted by Crippen LogP contribution is -2.35. The number of nitrogens with one attached hydrogen (secondary N) is 1. The van der Waals surface area contributed by atoms with Crippen molar-refractivity contribution < 1.29 is 31.5 Å². The number of alkyl halides is 2. The van der Waals surface area contributed by atoms with Crippen molar-refractivity contribution in [2.45, 2.75) is 24.5 Å². The van der Waals surface area contributed by atoms with Crippen LogP contribution in [0.1, 0.15) is 6.92 Å². The number of amides is 1. The van der Waals surface area contributed by atoms with Crippen molar-refractivity contribution in [1.82, 2.24) is 14.5 Å². The lowest BCUT2D eigenvalue weighted by molar-refractivity contribution is -0.114. The van der Waals surface area contributed by atoms with Crippen LogP contribution in [0.25, 0.3) is 22.2 Å². The largest absolute Gasteiger partial charge is 0.483 e. The molecule has 1 aliphatic rings. The smallest absolute Gasteiger partial charge is 0.278 e. The Labute approximate surface area is 175 Å². The van der Waals surface area contributed by atoms with E-state index in [9.17, 15) is 22.0 Å². The molecule has 0 saturated carbocycles. The second kappa shape index (κ2) is 7.45. The summed E-state index contributed by atoms with van der Waals surface area (Å²) >= 11 is 0. The van der Waals surface area contributed by atoms with E-state index in [0.29, 0.717) is 16.5 Å². The topological polar surface area (TPSA) is 112 Å². The van der Waals surface area contributed by atoms with Crippen LogP contribution < -0.4 is 14.8 Å². The highest BCUT2D eigenvalue weighted by molar-refractivity contribution is 7.90. The fraction of sp³-hybridized carbons (Fsp3) is 0.316. The molecule has 1 atom stereocenters. The summed E-state index contributed by atoms with van der Waals surface area (Å²) in [5, 5.41) is 2.84. The summed E-state index contributed by atoms with van der Waals surface area (Å²) in [4.78, 5) is 19.8. The minimum atomic E-state index is -3.79. The molecule has 0 fully saturated rings. The van der Waals surface area contributed by atoms with Crippen LogP contribution in [0, 0.1) is 0 Å². The monoisotopic (exact) mass is 452 g/mol. The van der Waals surface area contributed by atoms with E-state index in [4.69, 9.17) is 9.47 Å². The fourth-order valence-electron chi connectivity index (χ4n) is 3.29. The number of aryl methyl sites for hydroxylation is 1. The highest BCUT2D eigenvalue weighted by Crippen LogP contribution is 2.44. The normalized spacial score (nSPS) is 16.0. The molecule has 1 N–H and O–H groups in total. The Kier molecular flexibility index (Phi) is 5.04.